The predicted molar refractivity (Wildman–Crippen MR) is 86.3 cm³/mol. The number of unbranched alkanes of at least 4 members (excludes halogenated alkanes) is 1. The molecule has 1 amide bonds. The number of hydrogen-bond donors (Lipinski definition) is 0. The van der Waals surface area contributed by atoms with Gasteiger partial charge in [0, 0.05) is 25.6 Å². The molecule has 0 saturated heterocycles. The number of carbonyl (C=O) groups excluding carboxylic acids is 1. The number of ether oxygens (including phenoxy) is 1. The van der Waals surface area contributed by atoms with Crippen LogP contribution in [-0.4, -0.2) is 23.7 Å². The second-order valence-electron chi connectivity index (χ2n) is 5.08. The molecule has 126 valence electrons. The molecule has 2 rings (SSSR count). The van der Waals surface area contributed by atoms with Gasteiger partial charge in [0.1, 0.15) is 5.82 Å². The molecule has 1 heterocycles. The van der Waals surface area contributed by atoms with Crippen molar-refractivity contribution in [1.82, 2.24) is 4.57 Å². The third-order valence-corrected chi connectivity index (χ3v) is 4.35. The zero-order valence-electron chi connectivity index (χ0n) is 13.3. The second kappa shape index (κ2) is 8.31. The van der Waals surface area contributed by atoms with Crippen molar-refractivity contribution < 1.29 is 18.3 Å². The minimum atomic E-state index is -0.657. The van der Waals surface area contributed by atoms with Crippen LogP contribution < -0.4 is 4.80 Å². The summed E-state index contributed by atoms with van der Waals surface area (Å²) in [4.78, 5) is 16.4. The van der Waals surface area contributed by atoms with Crippen LogP contribution in [0.15, 0.2) is 17.1 Å². The molecule has 0 bridgehead atoms. The van der Waals surface area contributed by atoms with Gasteiger partial charge in [-0.05, 0) is 19.4 Å². The Balaban J connectivity index is 2.49. The first-order valence-corrected chi connectivity index (χ1v) is 8.52. The number of aromatic nitrogens is 1. The summed E-state index contributed by atoms with van der Waals surface area (Å²) in [6.45, 7) is 5.13. The fourth-order valence-corrected chi connectivity index (χ4v) is 3.33. The largest absolute Gasteiger partial charge is 0.380 e. The Bertz CT molecular complexity index is 752. The quantitative estimate of drug-likeness (QED) is 0.721. The van der Waals surface area contributed by atoms with Crippen molar-refractivity contribution in [2.45, 2.75) is 39.7 Å². The topological polar surface area (TPSA) is 43.6 Å². The van der Waals surface area contributed by atoms with Gasteiger partial charge in [0.25, 0.3) is 0 Å². The number of benzene rings is 1. The summed E-state index contributed by atoms with van der Waals surface area (Å²) in [6, 6.07) is 2.10. The number of rotatable bonds is 7. The maximum atomic E-state index is 14.1. The Kier molecular flexibility index (Phi) is 6.41. The van der Waals surface area contributed by atoms with E-state index in [2.05, 4.69) is 4.99 Å². The lowest BCUT2D eigenvalue weighted by Gasteiger charge is -2.06. The average molecular weight is 342 g/mol. The van der Waals surface area contributed by atoms with Crippen molar-refractivity contribution >= 4 is 27.5 Å². The number of nitrogens with zero attached hydrogens (tertiary/aromatic N) is 2. The van der Waals surface area contributed by atoms with Crippen LogP contribution >= 0.6 is 11.3 Å². The first kappa shape index (κ1) is 17.7. The van der Waals surface area contributed by atoms with E-state index >= 15 is 0 Å². The standard InChI is InChI=1S/C16H20F2N2O2S/c1-3-5-6-14(21)19-16-20(7-8-22-4-2)15-12(18)9-11(17)10-13(15)23-16/h9-10H,3-8H2,1-2H3. The summed E-state index contributed by atoms with van der Waals surface area (Å²) in [7, 11) is 0. The Morgan fingerprint density at radius 1 is 1.35 bits per heavy atom. The highest BCUT2D eigenvalue weighted by molar-refractivity contribution is 7.16. The highest BCUT2D eigenvalue weighted by atomic mass is 32.1. The van der Waals surface area contributed by atoms with Crippen molar-refractivity contribution in [3.63, 3.8) is 0 Å². The van der Waals surface area contributed by atoms with Gasteiger partial charge < -0.3 is 9.30 Å². The van der Waals surface area contributed by atoms with Gasteiger partial charge in [-0.1, -0.05) is 24.7 Å². The smallest absolute Gasteiger partial charge is 0.248 e. The van der Waals surface area contributed by atoms with Crippen LogP contribution in [0.1, 0.15) is 33.1 Å². The molecule has 0 fully saturated rings. The lowest BCUT2D eigenvalue weighted by atomic mass is 10.2. The SMILES string of the molecule is CCCCC(=O)N=c1sc2cc(F)cc(F)c2n1CCOCC. The van der Waals surface area contributed by atoms with Gasteiger partial charge in [-0.15, -0.1) is 0 Å². The van der Waals surface area contributed by atoms with Gasteiger partial charge >= 0.3 is 0 Å². The minimum Gasteiger partial charge on any atom is -0.380 e. The maximum Gasteiger partial charge on any atom is 0.248 e. The lowest BCUT2D eigenvalue weighted by molar-refractivity contribution is -0.118. The molecule has 2 aromatic rings. The van der Waals surface area contributed by atoms with Gasteiger partial charge in [-0.25, -0.2) is 8.78 Å². The highest BCUT2D eigenvalue weighted by Crippen LogP contribution is 2.22. The molecule has 1 aromatic heterocycles. The van der Waals surface area contributed by atoms with Crippen LogP contribution in [0, 0.1) is 11.6 Å². The zero-order valence-corrected chi connectivity index (χ0v) is 14.1. The molecule has 23 heavy (non-hydrogen) atoms. The molecule has 0 saturated carbocycles. The van der Waals surface area contributed by atoms with Crippen molar-refractivity contribution in [3.8, 4) is 0 Å². The van der Waals surface area contributed by atoms with E-state index in [9.17, 15) is 13.6 Å². The molecule has 7 heteroatoms. The summed E-state index contributed by atoms with van der Waals surface area (Å²) >= 11 is 1.11. The van der Waals surface area contributed by atoms with Crippen LogP contribution in [0.4, 0.5) is 8.78 Å². The van der Waals surface area contributed by atoms with Gasteiger partial charge in [-0.3, -0.25) is 4.79 Å². The zero-order chi connectivity index (χ0) is 16.8. The van der Waals surface area contributed by atoms with Crippen molar-refractivity contribution in [1.29, 1.82) is 0 Å². The van der Waals surface area contributed by atoms with Gasteiger partial charge in [0.2, 0.25) is 5.91 Å². The van der Waals surface area contributed by atoms with Crippen LogP contribution in [0.2, 0.25) is 0 Å². The normalized spacial score (nSPS) is 12.3. The lowest BCUT2D eigenvalue weighted by Crippen LogP contribution is -2.20. The van der Waals surface area contributed by atoms with Crippen LogP contribution in [0.25, 0.3) is 10.2 Å². The molecule has 4 nitrogen and oxygen atoms in total. The van der Waals surface area contributed by atoms with E-state index in [4.69, 9.17) is 4.74 Å². The molecular weight excluding hydrogens is 322 g/mol. The van der Waals surface area contributed by atoms with E-state index in [1.165, 1.54) is 6.07 Å². The Hall–Kier alpha value is -1.60. The molecule has 0 spiro atoms. The first-order valence-electron chi connectivity index (χ1n) is 7.70. The Morgan fingerprint density at radius 3 is 2.83 bits per heavy atom. The van der Waals surface area contributed by atoms with E-state index in [-0.39, 0.29) is 11.4 Å². The second-order valence-corrected chi connectivity index (χ2v) is 6.09. The first-order chi connectivity index (χ1) is 11.1. The maximum absolute atomic E-state index is 14.1. The molecule has 0 aliphatic heterocycles. The highest BCUT2D eigenvalue weighted by Gasteiger charge is 2.13. The summed E-state index contributed by atoms with van der Waals surface area (Å²) in [5.74, 6) is -1.54. The molecular formula is C16H20F2N2O2S. The molecule has 1 aromatic carbocycles. The molecule has 0 atom stereocenters. The number of thiazole rings is 1. The van der Waals surface area contributed by atoms with E-state index in [0.29, 0.717) is 35.7 Å². The van der Waals surface area contributed by atoms with E-state index in [0.717, 1.165) is 30.2 Å². The van der Waals surface area contributed by atoms with Crippen LogP contribution in [-0.2, 0) is 16.1 Å². The number of amides is 1. The minimum absolute atomic E-state index is 0.246. The number of halogens is 2. The number of hydrogen-bond acceptors (Lipinski definition) is 3. The van der Waals surface area contributed by atoms with E-state index in [1.54, 1.807) is 4.57 Å². The molecule has 0 N–H and O–H groups in total. The van der Waals surface area contributed by atoms with Gasteiger partial charge in [-0.2, -0.15) is 4.99 Å². The van der Waals surface area contributed by atoms with E-state index in [1.807, 2.05) is 13.8 Å². The molecule has 0 aliphatic rings. The summed E-state index contributed by atoms with van der Waals surface area (Å²) < 4.78 is 34.9. The van der Waals surface area contributed by atoms with Crippen molar-refractivity contribution in [3.05, 3.63) is 28.6 Å². The number of carbonyl (C=O) groups is 1. The molecule has 0 radical (unpaired) electrons. The summed E-state index contributed by atoms with van der Waals surface area (Å²) in [5.41, 5.74) is 0.262. The van der Waals surface area contributed by atoms with Gasteiger partial charge in [0.05, 0.1) is 16.8 Å². The summed E-state index contributed by atoms with van der Waals surface area (Å²) in [5, 5.41) is 0. The third kappa shape index (κ3) is 4.45. The monoisotopic (exact) mass is 342 g/mol. The average Bonchev–Trinajstić information content (AvgIpc) is 2.83. The van der Waals surface area contributed by atoms with E-state index < -0.39 is 11.6 Å². The predicted octanol–water partition coefficient (Wildman–Crippen LogP) is 3.64. The third-order valence-electron chi connectivity index (χ3n) is 3.32. The Labute approximate surface area is 137 Å². The van der Waals surface area contributed by atoms with Crippen molar-refractivity contribution in [2.75, 3.05) is 13.2 Å². The van der Waals surface area contributed by atoms with Crippen LogP contribution in [0.3, 0.4) is 0 Å². The van der Waals surface area contributed by atoms with Gasteiger partial charge in [0.15, 0.2) is 10.6 Å². The molecule has 0 unspecified atom stereocenters. The molecule has 0 aliphatic carbocycles. The Morgan fingerprint density at radius 2 is 2.13 bits per heavy atom. The fourth-order valence-electron chi connectivity index (χ4n) is 2.21. The fraction of sp³-hybridized carbons (Fsp3) is 0.500. The van der Waals surface area contributed by atoms with Crippen LogP contribution in [0.5, 0.6) is 0 Å². The number of fused-ring (bicyclic) bond motifs is 1. The van der Waals surface area contributed by atoms with Crippen molar-refractivity contribution in [2.24, 2.45) is 4.99 Å². The summed E-state index contributed by atoms with van der Waals surface area (Å²) in [6.07, 6.45) is 2.01.